The van der Waals surface area contributed by atoms with Crippen molar-refractivity contribution in [1.29, 1.82) is 0 Å². The van der Waals surface area contributed by atoms with E-state index < -0.39 is 30.3 Å². The zero-order valence-electron chi connectivity index (χ0n) is 29.5. The van der Waals surface area contributed by atoms with Gasteiger partial charge in [0.05, 0.1) is 22.6 Å². The highest BCUT2D eigenvalue weighted by Gasteiger charge is 2.39. The van der Waals surface area contributed by atoms with Gasteiger partial charge in [0.15, 0.2) is 0 Å². The number of ether oxygens (including phenoxy) is 2. The lowest BCUT2D eigenvalue weighted by Gasteiger charge is -2.38. The van der Waals surface area contributed by atoms with Gasteiger partial charge in [0.2, 0.25) is 11.8 Å². The number of hydrogen-bond donors (Lipinski definition) is 5. The van der Waals surface area contributed by atoms with Crippen molar-refractivity contribution in [3.8, 4) is 0 Å². The number of H-pyrrole nitrogens is 1. The predicted molar refractivity (Wildman–Crippen MR) is 197 cm³/mol. The van der Waals surface area contributed by atoms with Gasteiger partial charge in [-0.2, -0.15) is 0 Å². The first-order valence-corrected chi connectivity index (χ1v) is 18.7. The Labute approximate surface area is 305 Å². The number of halogens is 2. The number of carbonyl (C=O) groups is 3. The molecule has 3 aromatic rings. The topological polar surface area (TPSA) is 134 Å². The number of hydrogen-bond acceptors (Lipinski definition) is 6. The summed E-state index contributed by atoms with van der Waals surface area (Å²) in [7, 11) is 0. The average molecular weight is 729 g/mol. The number of nitrogens with one attached hydrogen (secondary N) is 5. The number of benzene rings is 2. The molecular weight excluding hydrogens is 677 g/mol. The van der Waals surface area contributed by atoms with Crippen LogP contribution in [0.1, 0.15) is 82.7 Å². The zero-order chi connectivity index (χ0) is 35.8. The van der Waals surface area contributed by atoms with Gasteiger partial charge in [-0.1, -0.05) is 94.1 Å². The second-order valence-corrected chi connectivity index (χ2v) is 14.7. The van der Waals surface area contributed by atoms with Gasteiger partial charge in [-0.05, 0) is 66.7 Å². The van der Waals surface area contributed by atoms with Crippen LogP contribution in [0.5, 0.6) is 0 Å². The Hall–Kier alpha value is -3.31. The molecular formula is C38H51Cl2N5O5. The summed E-state index contributed by atoms with van der Waals surface area (Å²) in [6.07, 6.45) is 3.86. The minimum Gasteiger partial charge on any atom is -0.445 e. The zero-order valence-corrected chi connectivity index (χ0v) is 31.0. The monoisotopic (exact) mass is 727 g/mol. The number of aryl methyl sites for hydroxylation is 1. The van der Waals surface area contributed by atoms with Gasteiger partial charge in [0.1, 0.15) is 12.6 Å². The highest BCUT2D eigenvalue weighted by atomic mass is 35.5. The smallest absolute Gasteiger partial charge is 0.408 e. The number of fused-ring (bicyclic) bond motifs is 3. The fraction of sp³-hybridized carbons (Fsp3) is 0.553. The van der Waals surface area contributed by atoms with Crippen LogP contribution < -0.4 is 21.3 Å². The quantitative estimate of drug-likeness (QED) is 0.124. The number of rotatable bonds is 14. The highest BCUT2D eigenvalue weighted by molar-refractivity contribution is 6.38. The third-order valence-corrected chi connectivity index (χ3v) is 11.0. The summed E-state index contributed by atoms with van der Waals surface area (Å²) < 4.78 is 11.0. The van der Waals surface area contributed by atoms with E-state index in [-0.39, 0.29) is 30.3 Å². The molecule has 1 saturated heterocycles. The first kappa shape index (κ1) is 37.9. The van der Waals surface area contributed by atoms with E-state index in [2.05, 4.69) is 40.1 Å². The van der Waals surface area contributed by atoms with Gasteiger partial charge in [-0.25, -0.2) is 4.79 Å². The highest BCUT2D eigenvalue weighted by Crippen LogP contribution is 2.40. The molecule has 5 N–H and O–H groups in total. The van der Waals surface area contributed by atoms with Crippen LogP contribution >= 0.6 is 23.2 Å². The molecule has 1 aliphatic heterocycles. The van der Waals surface area contributed by atoms with E-state index in [9.17, 15) is 14.4 Å². The Morgan fingerprint density at radius 3 is 2.36 bits per heavy atom. The van der Waals surface area contributed by atoms with Gasteiger partial charge < -0.3 is 30.4 Å². The van der Waals surface area contributed by atoms with Gasteiger partial charge >= 0.3 is 6.09 Å². The Morgan fingerprint density at radius 1 is 0.960 bits per heavy atom. The molecule has 1 aromatic heterocycles. The van der Waals surface area contributed by atoms with E-state index in [1.807, 2.05) is 50.2 Å². The Balaban J connectivity index is 1.41. The van der Waals surface area contributed by atoms with Crippen molar-refractivity contribution in [2.24, 2.45) is 17.8 Å². The van der Waals surface area contributed by atoms with Crippen LogP contribution in [0.15, 0.2) is 42.5 Å². The first-order chi connectivity index (χ1) is 24.1. The molecule has 1 aliphatic carbocycles. The average Bonchev–Trinajstić information content (AvgIpc) is 3.50. The molecule has 1 fully saturated rings. The molecule has 2 heterocycles. The molecule has 2 aromatic carbocycles. The molecule has 0 spiro atoms. The minimum atomic E-state index is -0.828. The Bertz CT molecular complexity index is 1610. The largest absolute Gasteiger partial charge is 0.445 e. The van der Waals surface area contributed by atoms with Crippen molar-refractivity contribution in [2.75, 3.05) is 19.8 Å². The lowest BCUT2D eigenvalue weighted by Crippen LogP contribution is -2.58. The summed E-state index contributed by atoms with van der Waals surface area (Å²) in [4.78, 5) is 44.5. The molecule has 10 nitrogen and oxygen atoms in total. The maximum Gasteiger partial charge on any atom is 0.408 e. The van der Waals surface area contributed by atoms with E-state index in [1.54, 1.807) is 6.07 Å². The van der Waals surface area contributed by atoms with E-state index in [4.69, 9.17) is 32.7 Å². The van der Waals surface area contributed by atoms with Crippen LogP contribution in [0.25, 0.3) is 10.9 Å². The second kappa shape index (κ2) is 17.8. The van der Waals surface area contributed by atoms with Crippen LogP contribution in [-0.4, -0.2) is 60.8 Å². The lowest BCUT2D eigenvalue weighted by molar-refractivity contribution is -0.125. The molecule has 3 amide bonds. The third kappa shape index (κ3) is 9.32. The van der Waals surface area contributed by atoms with E-state index in [1.165, 1.54) is 0 Å². The SMILES string of the molecule is CCC(C)C(NC1c2c([nH]c3c(Cl)cc(Cl)cc23)CCC1NC(=O)[C@@H](NC(=O)OCc1ccccc1)C(C)CC)C(=O)NCC1CCOCC1. The summed E-state index contributed by atoms with van der Waals surface area (Å²) in [6, 6.07) is 10.8. The molecule has 50 heavy (non-hydrogen) atoms. The van der Waals surface area contributed by atoms with Crippen LogP contribution in [0.2, 0.25) is 10.0 Å². The van der Waals surface area contributed by atoms with Gasteiger partial charge in [0.25, 0.3) is 0 Å². The first-order valence-electron chi connectivity index (χ1n) is 18.0. The molecule has 272 valence electrons. The van der Waals surface area contributed by atoms with Crippen molar-refractivity contribution < 1.29 is 23.9 Å². The Morgan fingerprint density at radius 2 is 1.66 bits per heavy atom. The second-order valence-electron chi connectivity index (χ2n) is 13.9. The van der Waals surface area contributed by atoms with Crippen LogP contribution in [-0.2, 0) is 32.1 Å². The molecule has 0 bridgehead atoms. The molecule has 0 radical (unpaired) electrons. The van der Waals surface area contributed by atoms with Crippen molar-refractivity contribution in [3.63, 3.8) is 0 Å². The van der Waals surface area contributed by atoms with Crippen molar-refractivity contribution in [1.82, 2.24) is 26.3 Å². The van der Waals surface area contributed by atoms with E-state index in [0.29, 0.717) is 55.0 Å². The summed E-state index contributed by atoms with van der Waals surface area (Å²) in [5, 5.41) is 14.9. The van der Waals surface area contributed by atoms with Gasteiger partial charge in [0, 0.05) is 41.9 Å². The maximum absolute atomic E-state index is 14.1. The van der Waals surface area contributed by atoms with Gasteiger partial charge in [-0.3, -0.25) is 14.9 Å². The molecule has 12 heteroatoms. The maximum atomic E-state index is 14.1. The summed E-state index contributed by atoms with van der Waals surface area (Å²) in [6.45, 7) is 10.2. The third-order valence-electron chi connectivity index (χ3n) is 10.4. The fourth-order valence-corrected chi connectivity index (χ4v) is 7.51. The number of carbonyl (C=O) groups excluding carboxylic acids is 3. The summed E-state index contributed by atoms with van der Waals surface area (Å²) in [5.74, 6) is -0.173. The number of alkyl carbamates (subject to hydrolysis) is 1. The predicted octanol–water partition coefficient (Wildman–Crippen LogP) is 6.84. The number of amides is 3. The minimum absolute atomic E-state index is 0.00212. The molecule has 2 aliphatic rings. The Kier molecular flexibility index (Phi) is 13.5. The van der Waals surface area contributed by atoms with Crippen LogP contribution in [0.4, 0.5) is 4.79 Å². The normalized spacial score (nSPS) is 20.3. The van der Waals surface area contributed by atoms with Crippen molar-refractivity contribution >= 4 is 52.0 Å². The fourth-order valence-electron chi connectivity index (χ4n) is 6.97. The summed E-state index contributed by atoms with van der Waals surface area (Å²) >= 11 is 13.2. The lowest BCUT2D eigenvalue weighted by atomic mass is 9.84. The number of aromatic nitrogens is 1. The van der Waals surface area contributed by atoms with Crippen LogP contribution in [0.3, 0.4) is 0 Å². The summed E-state index contributed by atoms with van der Waals surface area (Å²) in [5.41, 5.74) is 3.54. The van der Waals surface area contributed by atoms with Crippen molar-refractivity contribution in [3.05, 3.63) is 69.3 Å². The van der Waals surface area contributed by atoms with Crippen LogP contribution in [0, 0.1) is 17.8 Å². The standard InChI is InChI=1S/C38H51Cl2N5O5/c1-5-22(3)32(36(46)41-20-24-14-16-49-17-15-24)44-35-30(13-12-29-31(35)27-18-26(39)19-28(40)34(27)42-29)43-37(47)33(23(4)6-2)45-38(48)50-21-25-10-8-7-9-11-25/h7-11,18-19,22-24,30,32-33,35,42,44H,5-6,12-17,20-21H2,1-4H3,(H,41,46)(H,43,47)(H,45,48)/t22?,23?,30?,32?,33-,35?/m0/s1. The number of aromatic amines is 1. The van der Waals surface area contributed by atoms with E-state index in [0.717, 1.165) is 47.0 Å². The molecule has 5 unspecified atom stereocenters. The molecule has 0 saturated carbocycles. The molecule has 5 rings (SSSR count). The van der Waals surface area contributed by atoms with Gasteiger partial charge in [-0.15, -0.1) is 0 Å². The van der Waals surface area contributed by atoms with Crippen molar-refractivity contribution in [2.45, 2.75) is 97.0 Å². The van der Waals surface area contributed by atoms with E-state index >= 15 is 0 Å². The molecule has 6 atom stereocenters.